The predicted octanol–water partition coefficient (Wildman–Crippen LogP) is 5.42. The summed E-state index contributed by atoms with van der Waals surface area (Å²) in [6, 6.07) is 14.8. The molecule has 1 fully saturated rings. The summed E-state index contributed by atoms with van der Waals surface area (Å²) >= 11 is 1.75. The third kappa shape index (κ3) is 3.34. The second kappa shape index (κ2) is 6.73. The van der Waals surface area contributed by atoms with Crippen LogP contribution in [0.3, 0.4) is 0 Å². The van der Waals surface area contributed by atoms with Crippen LogP contribution in [0, 0.1) is 6.92 Å². The number of piperidine rings is 1. The van der Waals surface area contributed by atoms with Crippen LogP contribution in [0.5, 0.6) is 0 Å². The van der Waals surface area contributed by atoms with Gasteiger partial charge in [0.15, 0.2) is 0 Å². The van der Waals surface area contributed by atoms with E-state index in [2.05, 4.69) is 59.3 Å². The Bertz CT molecular complexity index is 858. The SMILES string of the molecule is Cc1ccc2nc(-c3ccc(N=CN4CCCCC4)cc3)sc2c1. The first-order chi connectivity index (χ1) is 11.8. The number of likely N-dealkylation sites (tertiary alicyclic amines) is 1. The van der Waals surface area contributed by atoms with Crippen LogP contribution in [-0.4, -0.2) is 29.3 Å². The summed E-state index contributed by atoms with van der Waals surface area (Å²) in [6.07, 6.45) is 5.90. The number of aromatic nitrogens is 1. The van der Waals surface area contributed by atoms with Gasteiger partial charge < -0.3 is 4.90 Å². The second-order valence-corrected chi connectivity index (χ2v) is 7.41. The highest BCUT2D eigenvalue weighted by atomic mass is 32.1. The molecule has 2 heterocycles. The molecule has 1 aliphatic heterocycles. The highest BCUT2D eigenvalue weighted by molar-refractivity contribution is 7.21. The molecule has 1 aromatic heterocycles. The first kappa shape index (κ1) is 15.3. The molecule has 0 bridgehead atoms. The number of hydrogen-bond donors (Lipinski definition) is 0. The minimum Gasteiger partial charge on any atom is -0.363 e. The number of benzene rings is 2. The first-order valence-corrected chi connectivity index (χ1v) is 9.35. The predicted molar refractivity (Wildman–Crippen MR) is 103 cm³/mol. The van der Waals surface area contributed by atoms with Crippen molar-refractivity contribution in [3.63, 3.8) is 0 Å². The van der Waals surface area contributed by atoms with Crippen molar-refractivity contribution in [3.8, 4) is 10.6 Å². The van der Waals surface area contributed by atoms with Gasteiger partial charge in [-0.25, -0.2) is 9.98 Å². The second-order valence-electron chi connectivity index (χ2n) is 6.38. The molecule has 0 atom stereocenters. The lowest BCUT2D eigenvalue weighted by atomic mass is 10.1. The summed E-state index contributed by atoms with van der Waals surface area (Å²) in [7, 11) is 0. The maximum atomic E-state index is 4.75. The Labute approximate surface area is 146 Å². The van der Waals surface area contributed by atoms with Gasteiger partial charge in [-0.05, 0) is 68.1 Å². The third-order valence-electron chi connectivity index (χ3n) is 4.42. The Hall–Kier alpha value is -2.20. The zero-order valence-electron chi connectivity index (χ0n) is 13.9. The van der Waals surface area contributed by atoms with Gasteiger partial charge in [0.25, 0.3) is 0 Å². The summed E-state index contributed by atoms with van der Waals surface area (Å²) in [5.41, 5.74) is 4.51. The molecule has 0 N–H and O–H groups in total. The standard InChI is InChI=1S/C20H21N3S/c1-15-5-10-18-19(13-15)24-20(22-18)16-6-8-17(9-7-16)21-14-23-11-3-2-4-12-23/h5-10,13-14H,2-4,11-12H2,1H3. The van der Waals surface area contributed by atoms with Crippen molar-refractivity contribution in [3.05, 3.63) is 48.0 Å². The van der Waals surface area contributed by atoms with Gasteiger partial charge in [0.05, 0.1) is 22.2 Å². The van der Waals surface area contributed by atoms with E-state index in [1.54, 1.807) is 11.3 Å². The zero-order chi connectivity index (χ0) is 16.4. The van der Waals surface area contributed by atoms with Gasteiger partial charge in [-0.1, -0.05) is 6.07 Å². The molecule has 0 spiro atoms. The van der Waals surface area contributed by atoms with Gasteiger partial charge in [-0.15, -0.1) is 11.3 Å². The summed E-state index contributed by atoms with van der Waals surface area (Å²) in [6.45, 7) is 4.38. The smallest absolute Gasteiger partial charge is 0.124 e. The van der Waals surface area contributed by atoms with Crippen molar-refractivity contribution in [2.75, 3.05) is 13.1 Å². The van der Waals surface area contributed by atoms with Crippen molar-refractivity contribution >= 4 is 33.6 Å². The van der Waals surface area contributed by atoms with Gasteiger partial charge >= 0.3 is 0 Å². The topological polar surface area (TPSA) is 28.5 Å². The zero-order valence-corrected chi connectivity index (χ0v) is 14.7. The number of aryl methyl sites for hydroxylation is 1. The minimum atomic E-state index is 1.00. The van der Waals surface area contributed by atoms with E-state index in [1.807, 2.05) is 6.34 Å². The number of rotatable bonds is 3. The molecule has 24 heavy (non-hydrogen) atoms. The van der Waals surface area contributed by atoms with E-state index >= 15 is 0 Å². The molecule has 0 aliphatic carbocycles. The van der Waals surface area contributed by atoms with E-state index < -0.39 is 0 Å². The Morgan fingerprint density at radius 1 is 1.04 bits per heavy atom. The highest BCUT2D eigenvalue weighted by Gasteiger charge is 2.07. The molecule has 3 nitrogen and oxygen atoms in total. The molecule has 1 aliphatic rings. The van der Waals surface area contributed by atoms with Crippen LogP contribution >= 0.6 is 11.3 Å². The van der Waals surface area contributed by atoms with Gasteiger partial charge in [0.1, 0.15) is 5.01 Å². The van der Waals surface area contributed by atoms with E-state index in [0.717, 1.165) is 34.9 Å². The summed E-state index contributed by atoms with van der Waals surface area (Å²) in [5.74, 6) is 0. The van der Waals surface area contributed by atoms with E-state index in [9.17, 15) is 0 Å². The molecule has 3 aromatic rings. The molecule has 1 saturated heterocycles. The largest absolute Gasteiger partial charge is 0.363 e. The number of aliphatic imine (C=N–C) groups is 1. The van der Waals surface area contributed by atoms with Gasteiger partial charge in [0.2, 0.25) is 0 Å². The number of hydrogen-bond acceptors (Lipinski definition) is 3. The third-order valence-corrected chi connectivity index (χ3v) is 5.49. The molecule has 0 amide bonds. The minimum absolute atomic E-state index is 1.00. The van der Waals surface area contributed by atoms with Crippen LogP contribution in [0.15, 0.2) is 47.5 Å². The van der Waals surface area contributed by atoms with Crippen LogP contribution in [0.4, 0.5) is 5.69 Å². The number of fused-ring (bicyclic) bond motifs is 1. The fourth-order valence-electron chi connectivity index (χ4n) is 3.03. The molecular weight excluding hydrogens is 314 g/mol. The van der Waals surface area contributed by atoms with Crippen molar-refractivity contribution in [2.24, 2.45) is 4.99 Å². The molecule has 0 saturated carbocycles. The average molecular weight is 335 g/mol. The average Bonchev–Trinajstić information content (AvgIpc) is 3.04. The Morgan fingerprint density at radius 3 is 2.62 bits per heavy atom. The fourth-order valence-corrected chi connectivity index (χ4v) is 4.10. The summed E-state index contributed by atoms with van der Waals surface area (Å²) < 4.78 is 1.25. The summed E-state index contributed by atoms with van der Waals surface area (Å²) in [5, 5.41) is 1.07. The Morgan fingerprint density at radius 2 is 1.83 bits per heavy atom. The summed E-state index contributed by atoms with van der Waals surface area (Å²) in [4.78, 5) is 11.7. The fraction of sp³-hybridized carbons (Fsp3) is 0.300. The van der Waals surface area contributed by atoms with Crippen LogP contribution in [-0.2, 0) is 0 Å². The number of nitrogens with zero attached hydrogens (tertiary/aromatic N) is 3. The van der Waals surface area contributed by atoms with Crippen LogP contribution in [0.2, 0.25) is 0 Å². The van der Waals surface area contributed by atoms with Crippen LogP contribution < -0.4 is 0 Å². The molecule has 0 radical (unpaired) electrons. The van der Waals surface area contributed by atoms with Gasteiger partial charge in [0, 0.05) is 18.7 Å². The van der Waals surface area contributed by atoms with E-state index in [1.165, 1.54) is 29.5 Å². The number of thiazole rings is 1. The highest BCUT2D eigenvalue weighted by Crippen LogP contribution is 2.31. The van der Waals surface area contributed by atoms with Crippen LogP contribution in [0.1, 0.15) is 24.8 Å². The molecular formula is C20H21N3S. The van der Waals surface area contributed by atoms with E-state index in [-0.39, 0.29) is 0 Å². The molecule has 122 valence electrons. The normalized spacial score (nSPS) is 15.5. The van der Waals surface area contributed by atoms with Crippen molar-refractivity contribution in [1.82, 2.24) is 9.88 Å². The maximum Gasteiger partial charge on any atom is 0.124 e. The first-order valence-electron chi connectivity index (χ1n) is 8.54. The lowest BCUT2D eigenvalue weighted by Gasteiger charge is -2.23. The monoisotopic (exact) mass is 335 g/mol. The van der Waals surface area contributed by atoms with E-state index in [0.29, 0.717) is 0 Å². The quantitative estimate of drug-likeness (QED) is 0.472. The Kier molecular flexibility index (Phi) is 4.30. The van der Waals surface area contributed by atoms with Gasteiger partial charge in [-0.3, -0.25) is 0 Å². The van der Waals surface area contributed by atoms with Crippen molar-refractivity contribution < 1.29 is 0 Å². The lowest BCUT2D eigenvalue weighted by Crippen LogP contribution is -2.27. The van der Waals surface area contributed by atoms with Crippen molar-refractivity contribution in [1.29, 1.82) is 0 Å². The van der Waals surface area contributed by atoms with Gasteiger partial charge in [-0.2, -0.15) is 0 Å². The molecule has 4 rings (SSSR count). The Balaban J connectivity index is 1.52. The van der Waals surface area contributed by atoms with Crippen molar-refractivity contribution in [2.45, 2.75) is 26.2 Å². The van der Waals surface area contributed by atoms with E-state index in [4.69, 9.17) is 4.98 Å². The molecule has 0 unspecified atom stereocenters. The lowest BCUT2D eigenvalue weighted by molar-refractivity contribution is 0.351. The molecule has 2 aromatic carbocycles. The maximum absolute atomic E-state index is 4.75. The van der Waals surface area contributed by atoms with Crippen LogP contribution in [0.25, 0.3) is 20.8 Å². The molecule has 4 heteroatoms.